The quantitative estimate of drug-likeness (QED) is 0.527. The average Bonchev–Trinajstić information content (AvgIpc) is 3.21. The minimum Gasteiger partial charge on any atom is -0.497 e. The van der Waals surface area contributed by atoms with E-state index in [9.17, 15) is 14.0 Å². The van der Waals surface area contributed by atoms with Crippen LogP contribution < -0.4 is 15.4 Å². The summed E-state index contributed by atoms with van der Waals surface area (Å²) in [6, 6.07) is 10.0. The van der Waals surface area contributed by atoms with Crippen LogP contribution in [0.5, 0.6) is 5.75 Å². The second-order valence-electron chi connectivity index (χ2n) is 7.47. The minimum absolute atomic E-state index is 0.0965. The zero-order valence-electron chi connectivity index (χ0n) is 17.7. The van der Waals surface area contributed by atoms with Gasteiger partial charge in [-0.2, -0.15) is 5.10 Å². The molecule has 3 aromatic rings. The Labute approximate surface area is 184 Å². The van der Waals surface area contributed by atoms with Gasteiger partial charge in [-0.15, -0.1) is 0 Å². The molecule has 0 spiro atoms. The van der Waals surface area contributed by atoms with Gasteiger partial charge in [-0.3, -0.25) is 14.7 Å². The van der Waals surface area contributed by atoms with Crippen LogP contribution in [-0.4, -0.2) is 45.6 Å². The maximum absolute atomic E-state index is 14.1. The molecule has 2 amide bonds. The van der Waals surface area contributed by atoms with Gasteiger partial charge in [0, 0.05) is 30.8 Å². The van der Waals surface area contributed by atoms with E-state index in [1.54, 1.807) is 6.07 Å². The normalized spacial score (nSPS) is 12.8. The number of fused-ring (bicyclic) bond motifs is 1. The van der Waals surface area contributed by atoms with Crippen molar-refractivity contribution in [2.45, 2.75) is 26.4 Å². The van der Waals surface area contributed by atoms with E-state index in [0.717, 1.165) is 17.0 Å². The van der Waals surface area contributed by atoms with Crippen LogP contribution in [-0.2, 0) is 29.1 Å². The van der Waals surface area contributed by atoms with Crippen molar-refractivity contribution in [1.29, 1.82) is 0 Å². The predicted octanol–water partition coefficient (Wildman–Crippen LogP) is 2.21. The molecule has 166 valence electrons. The fourth-order valence-corrected chi connectivity index (χ4v) is 3.47. The number of nitrogens with one attached hydrogen (secondary N) is 3. The fraction of sp³-hybridized carbons (Fsp3) is 0.273. The van der Waals surface area contributed by atoms with Crippen LogP contribution in [0.2, 0.25) is 0 Å². The number of rotatable bonds is 5. The monoisotopic (exact) mass is 438 g/mol. The molecule has 0 saturated heterocycles. The number of benzene rings is 1. The van der Waals surface area contributed by atoms with Crippen molar-refractivity contribution in [1.82, 2.24) is 25.4 Å². The number of ether oxygens (including phenoxy) is 1. The zero-order valence-corrected chi connectivity index (χ0v) is 17.7. The Bertz CT molecular complexity index is 1160. The maximum Gasteiger partial charge on any atom is 0.312 e. The summed E-state index contributed by atoms with van der Waals surface area (Å²) in [6.07, 6.45) is 0.595. The van der Waals surface area contributed by atoms with E-state index in [1.165, 1.54) is 24.1 Å². The van der Waals surface area contributed by atoms with Crippen LogP contribution in [0.25, 0.3) is 0 Å². The molecule has 0 atom stereocenters. The lowest BCUT2D eigenvalue weighted by Crippen LogP contribution is -2.45. The summed E-state index contributed by atoms with van der Waals surface area (Å²) in [4.78, 5) is 31.0. The molecule has 0 saturated carbocycles. The van der Waals surface area contributed by atoms with Crippen LogP contribution >= 0.6 is 0 Å². The molecule has 1 aromatic carbocycles. The topological polar surface area (TPSA) is 112 Å². The van der Waals surface area contributed by atoms with E-state index in [-0.39, 0.29) is 18.7 Å². The number of carbonyl (C=O) groups is 2. The van der Waals surface area contributed by atoms with E-state index in [1.807, 2.05) is 25.1 Å². The van der Waals surface area contributed by atoms with Crippen molar-refractivity contribution in [3.05, 3.63) is 64.7 Å². The van der Waals surface area contributed by atoms with E-state index in [4.69, 9.17) is 4.74 Å². The van der Waals surface area contributed by atoms with Gasteiger partial charge in [0.25, 0.3) is 0 Å². The molecule has 32 heavy (non-hydrogen) atoms. The third-order valence-electron chi connectivity index (χ3n) is 5.21. The highest BCUT2D eigenvalue weighted by Crippen LogP contribution is 2.21. The van der Waals surface area contributed by atoms with Crippen LogP contribution in [0.1, 0.15) is 22.5 Å². The second kappa shape index (κ2) is 9.04. The van der Waals surface area contributed by atoms with Gasteiger partial charge in [0.2, 0.25) is 0 Å². The number of aryl methyl sites for hydroxylation is 1. The molecule has 3 heterocycles. The minimum atomic E-state index is -0.786. The Morgan fingerprint density at radius 2 is 2.09 bits per heavy atom. The summed E-state index contributed by atoms with van der Waals surface area (Å²) >= 11 is 0. The van der Waals surface area contributed by atoms with Crippen LogP contribution in [0.15, 0.2) is 36.4 Å². The van der Waals surface area contributed by atoms with Crippen molar-refractivity contribution in [3.63, 3.8) is 0 Å². The molecular weight excluding hydrogens is 415 g/mol. The molecule has 3 N–H and O–H groups in total. The first-order valence-electron chi connectivity index (χ1n) is 10.1. The number of nitrogens with zero attached hydrogens (tertiary/aromatic N) is 3. The molecule has 2 aromatic heterocycles. The molecule has 9 nitrogen and oxygen atoms in total. The van der Waals surface area contributed by atoms with Crippen molar-refractivity contribution in [2.75, 3.05) is 19.0 Å². The summed E-state index contributed by atoms with van der Waals surface area (Å²) in [5.41, 5.74) is 2.87. The van der Waals surface area contributed by atoms with E-state index < -0.39 is 17.6 Å². The van der Waals surface area contributed by atoms with Crippen molar-refractivity contribution >= 4 is 23.5 Å². The summed E-state index contributed by atoms with van der Waals surface area (Å²) in [6.45, 7) is 2.40. The average molecular weight is 438 g/mol. The number of hydrogen-bond donors (Lipinski definition) is 3. The molecule has 0 fully saturated rings. The second-order valence-corrected chi connectivity index (χ2v) is 7.47. The Balaban J connectivity index is 1.38. The largest absolute Gasteiger partial charge is 0.497 e. The number of anilines is 2. The van der Waals surface area contributed by atoms with Gasteiger partial charge in [-0.05, 0) is 31.0 Å². The number of amides is 2. The highest BCUT2D eigenvalue weighted by atomic mass is 19.1. The molecule has 0 bridgehead atoms. The van der Waals surface area contributed by atoms with E-state index in [2.05, 4.69) is 25.8 Å². The maximum atomic E-state index is 14.1. The third-order valence-corrected chi connectivity index (χ3v) is 5.21. The molecular formula is C22H23FN6O3. The molecule has 0 unspecified atom stereocenters. The molecule has 10 heteroatoms. The predicted molar refractivity (Wildman–Crippen MR) is 115 cm³/mol. The number of H-pyrrole nitrogens is 1. The lowest BCUT2D eigenvalue weighted by molar-refractivity contribution is -0.146. The summed E-state index contributed by atoms with van der Waals surface area (Å²) in [5, 5.41) is 12.6. The van der Waals surface area contributed by atoms with Gasteiger partial charge >= 0.3 is 11.8 Å². The summed E-state index contributed by atoms with van der Waals surface area (Å²) < 4.78 is 19.0. The first kappa shape index (κ1) is 21.3. The first-order valence-corrected chi connectivity index (χ1v) is 10.1. The Morgan fingerprint density at radius 3 is 2.81 bits per heavy atom. The Morgan fingerprint density at radius 1 is 1.25 bits per heavy atom. The molecule has 1 aliphatic rings. The van der Waals surface area contributed by atoms with Crippen molar-refractivity contribution in [2.24, 2.45) is 0 Å². The van der Waals surface area contributed by atoms with E-state index >= 15 is 0 Å². The lowest BCUT2D eigenvalue weighted by atomic mass is 10.0. The Hall–Kier alpha value is -3.95. The first-order chi connectivity index (χ1) is 15.4. The number of methoxy groups -OCH3 is 1. The van der Waals surface area contributed by atoms with Gasteiger partial charge in [0.15, 0.2) is 0 Å². The lowest BCUT2D eigenvalue weighted by Gasteiger charge is -2.28. The zero-order chi connectivity index (χ0) is 22.7. The van der Waals surface area contributed by atoms with E-state index in [0.29, 0.717) is 30.4 Å². The van der Waals surface area contributed by atoms with Crippen LogP contribution in [0.4, 0.5) is 16.0 Å². The molecule has 1 aliphatic heterocycles. The number of halogens is 1. The molecule has 4 rings (SSSR count). The molecule has 0 radical (unpaired) electrons. The van der Waals surface area contributed by atoms with Crippen molar-refractivity contribution < 1.29 is 18.7 Å². The van der Waals surface area contributed by atoms with Crippen LogP contribution in [0.3, 0.4) is 0 Å². The SMILES string of the molecule is COc1ccc(CNC(=O)C(=O)N2CCc3ccc(Nc4cc(C)n[nH]4)nc3C2)c(F)c1. The van der Waals surface area contributed by atoms with Gasteiger partial charge in [-0.25, -0.2) is 9.37 Å². The van der Waals surface area contributed by atoms with Gasteiger partial charge in [0.1, 0.15) is 23.2 Å². The van der Waals surface area contributed by atoms with Gasteiger partial charge in [-0.1, -0.05) is 12.1 Å². The summed E-state index contributed by atoms with van der Waals surface area (Å²) in [5.74, 6) is -0.268. The van der Waals surface area contributed by atoms with Crippen molar-refractivity contribution in [3.8, 4) is 5.75 Å². The number of hydrogen-bond acceptors (Lipinski definition) is 6. The standard InChI is InChI=1S/C22H23FN6O3/c1-13-9-20(28-27-13)26-19-6-4-14-7-8-29(12-18(14)25-19)22(31)21(30)24-11-15-3-5-16(32-2)10-17(15)23/h3-6,9-10H,7-8,11-12H2,1-2H3,(H,24,30)(H2,25,26,27,28). The number of aromatic nitrogens is 3. The third kappa shape index (κ3) is 4.69. The smallest absolute Gasteiger partial charge is 0.312 e. The number of aromatic amines is 1. The summed E-state index contributed by atoms with van der Waals surface area (Å²) in [7, 11) is 1.44. The number of carbonyl (C=O) groups excluding carboxylic acids is 2. The van der Waals surface area contributed by atoms with Gasteiger partial charge < -0.3 is 20.3 Å². The van der Waals surface area contributed by atoms with Gasteiger partial charge in [0.05, 0.1) is 25.0 Å². The highest BCUT2D eigenvalue weighted by molar-refractivity contribution is 6.34. The Kier molecular flexibility index (Phi) is 6.02. The van der Waals surface area contributed by atoms with Crippen LogP contribution in [0, 0.1) is 12.7 Å². The highest BCUT2D eigenvalue weighted by Gasteiger charge is 2.26. The number of pyridine rings is 1. The molecule has 0 aliphatic carbocycles. The fourth-order valence-electron chi connectivity index (χ4n) is 3.47.